The lowest BCUT2D eigenvalue weighted by Crippen LogP contribution is -2.51. The Morgan fingerprint density at radius 1 is 1.03 bits per heavy atom. The van der Waals surface area contributed by atoms with Crippen LogP contribution in [0.3, 0.4) is 0 Å². The van der Waals surface area contributed by atoms with E-state index >= 15 is 0 Å². The van der Waals surface area contributed by atoms with Gasteiger partial charge in [-0.1, -0.05) is 30.3 Å². The van der Waals surface area contributed by atoms with Crippen LogP contribution in [0.5, 0.6) is 0 Å². The van der Waals surface area contributed by atoms with Crippen LogP contribution in [0.2, 0.25) is 0 Å². The quantitative estimate of drug-likeness (QED) is 0.630. The second-order valence-electron chi connectivity index (χ2n) is 6.84. The zero-order valence-corrected chi connectivity index (χ0v) is 17.1. The van der Waals surface area contributed by atoms with Gasteiger partial charge in [-0.15, -0.1) is 0 Å². The van der Waals surface area contributed by atoms with Gasteiger partial charge in [0.2, 0.25) is 10.0 Å². The minimum Gasteiger partial charge on any atom is -0.461 e. The maximum absolute atomic E-state index is 12.2. The van der Waals surface area contributed by atoms with Crippen LogP contribution in [0.4, 0.5) is 0 Å². The summed E-state index contributed by atoms with van der Waals surface area (Å²) in [4.78, 5) is 25.6. The largest absolute Gasteiger partial charge is 0.461 e. The first-order valence-electron chi connectivity index (χ1n) is 9.35. The fraction of sp³-hybridized carbons (Fsp3) is 0.400. The molecule has 0 spiro atoms. The van der Waals surface area contributed by atoms with Crippen LogP contribution in [0, 0.1) is 0 Å². The Labute approximate surface area is 170 Å². The molecule has 1 aromatic heterocycles. The summed E-state index contributed by atoms with van der Waals surface area (Å²) in [6.07, 6.45) is 1.64. The molecule has 1 aromatic carbocycles. The summed E-state index contributed by atoms with van der Waals surface area (Å²) in [6.45, 7) is 0.739. The molecular weight excluding hydrogens is 396 g/mol. The maximum atomic E-state index is 12.2. The molecule has 0 saturated carbocycles. The Balaban J connectivity index is 1.39. The van der Waals surface area contributed by atoms with Gasteiger partial charge in [-0.3, -0.25) is 9.59 Å². The summed E-state index contributed by atoms with van der Waals surface area (Å²) in [5.74, 6) is 0.600. The maximum Gasteiger partial charge on any atom is 0.306 e. The number of esters is 1. The lowest BCUT2D eigenvalue weighted by atomic mass is 10.2. The van der Waals surface area contributed by atoms with E-state index in [2.05, 4.69) is 0 Å². The van der Waals surface area contributed by atoms with Gasteiger partial charge in [0.1, 0.15) is 11.5 Å². The fourth-order valence-electron chi connectivity index (χ4n) is 3.07. The molecule has 1 aliphatic rings. The lowest BCUT2D eigenvalue weighted by Gasteiger charge is -2.33. The summed E-state index contributed by atoms with van der Waals surface area (Å²) in [5.41, 5.74) is 0.961. The average molecular weight is 420 g/mol. The SMILES string of the molecule is CS(=O)(=O)N1CCN(C(=O)COC(=O)CCc2ccc(-c3ccccc3)o2)CC1. The molecule has 0 bridgehead atoms. The van der Waals surface area contributed by atoms with E-state index in [1.807, 2.05) is 42.5 Å². The number of benzene rings is 1. The Morgan fingerprint density at radius 3 is 2.38 bits per heavy atom. The van der Waals surface area contributed by atoms with Crippen LogP contribution in [0.15, 0.2) is 46.9 Å². The topological polar surface area (TPSA) is 97.1 Å². The minimum absolute atomic E-state index is 0.108. The van der Waals surface area contributed by atoms with Gasteiger partial charge in [0.25, 0.3) is 5.91 Å². The van der Waals surface area contributed by atoms with Crippen molar-refractivity contribution in [3.05, 3.63) is 48.2 Å². The normalized spacial score (nSPS) is 15.3. The van der Waals surface area contributed by atoms with E-state index < -0.39 is 16.0 Å². The van der Waals surface area contributed by atoms with Crippen molar-refractivity contribution in [3.8, 4) is 11.3 Å². The number of hydrogen-bond donors (Lipinski definition) is 0. The first-order valence-corrected chi connectivity index (χ1v) is 11.2. The van der Waals surface area contributed by atoms with E-state index in [4.69, 9.17) is 9.15 Å². The second-order valence-corrected chi connectivity index (χ2v) is 8.82. The number of piperazine rings is 1. The molecule has 2 heterocycles. The van der Waals surface area contributed by atoms with Crippen LogP contribution in [-0.2, 0) is 30.8 Å². The van der Waals surface area contributed by atoms with Crippen molar-refractivity contribution >= 4 is 21.9 Å². The fourth-order valence-corrected chi connectivity index (χ4v) is 3.90. The van der Waals surface area contributed by atoms with Crippen LogP contribution in [0.1, 0.15) is 12.2 Å². The molecule has 2 aromatic rings. The summed E-state index contributed by atoms with van der Waals surface area (Å²) >= 11 is 0. The van der Waals surface area contributed by atoms with Crippen molar-refractivity contribution < 1.29 is 27.2 Å². The van der Waals surface area contributed by atoms with E-state index in [1.54, 1.807) is 0 Å². The standard InChI is InChI=1S/C20H24N2O6S/c1-29(25,26)22-13-11-21(12-14-22)19(23)15-27-20(24)10-8-17-7-9-18(28-17)16-5-3-2-4-6-16/h2-7,9H,8,10-15H2,1H3. The molecule has 9 heteroatoms. The Hall–Kier alpha value is -2.65. The molecule has 0 radical (unpaired) electrons. The predicted octanol–water partition coefficient (Wildman–Crippen LogP) is 1.53. The summed E-state index contributed by atoms with van der Waals surface area (Å²) < 4.78 is 35.1. The van der Waals surface area contributed by atoms with E-state index in [9.17, 15) is 18.0 Å². The van der Waals surface area contributed by atoms with Crippen LogP contribution in [-0.4, -0.2) is 68.5 Å². The zero-order chi connectivity index (χ0) is 20.9. The van der Waals surface area contributed by atoms with Gasteiger partial charge >= 0.3 is 5.97 Å². The summed E-state index contributed by atoms with van der Waals surface area (Å²) in [7, 11) is -3.25. The predicted molar refractivity (Wildman–Crippen MR) is 106 cm³/mol. The number of furan rings is 1. The molecule has 0 atom stereocenters. The van der Waals surface area contributed by atoms with Crippen molar-refractivity contribution in [2.75, 3.05) is 39.0 Å². The van der Waals surface area contributed by atoms with Crippen molar-refractivity contribution in [1.82, 2.24) is 9.21 Å². The van der Waals surface area contributed by atoms with Crippen molar-refractivity contribution in [1.29, 1.82) is 0 Å². The molecule has 3 rings (SSSR count). The Morgan fingerprint density at radius 2 is 1.72 bits per heavy atom. The van der Waals surface area contributed by atoms with Crippen LogP contribution in [0.25, 0.3) is 11.3 Å². The first kappa shape index (κ1) is 21.1. The van der Waals surface area contributed by atoms with Gasteiger partial charge in [-0.2, -0.15) is 4.31 Å². The molecular formula is C20H24N2O6S. The van der Waals surface area contributed by atoms with Crippen molar-refractivity contribution in [3.63, 3.8) is 0 Å². The van der Waals surface area contributed by atoms with Crippen molar-refractivity contribution in [2.45, 2.75) is 12.8 Å². The van der Waals surface area contributed by atoms with Gasteiger partial charge in [-0.05, 0) is 12.1 Å². The summed E-state index contributed by atoms with van der Waals surface area (Å²) in [5, 5.41) is 0. The number of aryl methyl sites for hydroxylation is 1. The Kier molecular flexibility index (Phi) is 6.71. The van der Waals surface area contributed by atoms with Gasteiger partial charge in [0, 0.05) is 38.2 Å². The highest BCUT2D eigenvalue weighted by atomic mass is 32.2. The number of rotatable bonds is 7. The molecule has 1 saturated heterocycles. The third-order valence-corrected chi connectivity index (χ3v) is 6.02. The number of ether oxygens (including phenoxy) is 1. The van der Waals surface area contributed by atoms with Gasteiger partial charge in [-0.25, -0.2) is 8.42 Å². The second kappa shape index (κ2) is 9.23. The molecule has 1 amide bonds. The molecule has 0 N–H and O–H groups in total. The van der Waals surface area contributed by atoms with Crippen molar-refractivity contribution in [2.24, 2.45) is 0 Å². The van der Waals surface area contributed by atoms with E-state index in [-0.39, 0.29) is 45.1 Å². The smallest absolute Gasteiger partial charge is 0.306 e. The van der Waals surface area contributed by atoms with Gasteiger partial charge in [0.15, 0.2) is 6.61 Å². The highest BCUT2D eigenvalue weighted by Gasteiger charge is 2.26. The molecule has 29 heavy (non-hydrogen) atoms. The van der Waals surface area contributed by atoms with E-state index in [0.717, 1.165) is 17.6 Å². The number of amides is 1. The molecule has 8 nitrogen and oxygen atoms in total. The third-order valence-electron chi connectivity index (χ3n) is 4.71. The number of nitrogens with zero attached hydrogens (tertiary/aromatic N) is 2. The average Bonchev–Trinajstić information content (AvgIpc) is 3.20. The molecule has 1 fully saturated rings. The minimum atomic E-state index is -3.25. The molecule has 156 valence electrons. The molecule has 0 unspecified atom stereocenters. The number of sulfonamides is 1. The third kappa shape index (κ3) is 5.91. The van der Waals surface area contributed by atoms with Crippen LogP contribution >= 0.6 is 0 Å². The molecule has 0 aliphatic carbocycles. The van der Waals surface area contributed by atoms with E-state index in [1.165, 1.54) is 9.21 Å². The summed E-state index contributed by atoms with van der Waals surface area (Å²) in [6, 6.07) is 13.3. The van der Waals surface area contributed by atoms with E-state index in [0.29, 0.717) is 12.2 Å². The number of carbonyl (C=O) groups is 2. The highest BCUT2D eigenvalue weighted by Crippen LogP contribution is 2.22. The lowest BCUT2D eigenvalue weighted by molar-refractivity contribution is -0.152. The molecule has 1 aliphatic heterocycles. The van der Waals surface area contributed by atoms with Gasteiger partial charge in [0.05, 0.1) is 12.7 Å². The Bertz CT molecular complexity index is 946. The first-order chi connectivity index (χ1) is 13.8. The number of hydrogen-bond acceptors (Lipinski definition) is 6. The van der Waals surface area contributed by atoms with Gasteiger partial charge < -0.3 is 14.1 Å². The monoisotopic (exact) mass is 420 g/mol. The number of carbonyl (C=O) groups excluding carboxylic acids is 2. The zero-order valence-electron chi connectivity index (χ0n) is 16.2. The van der Waals surface area contributed by atoms with Crippen LogP contribution < -0.4 is 0 Å². The highest BCUT2D eigenvalue weighted by molar-refractivity contribution is 7.88.